The lowest BCUT2D eigenvalue weighted by molar-refractivity contribution is 0.112. The molecule has 1 heterocycles. The highest BCUT2D eigenvalue weighted by Crippen LogP contribution is 2.32. The largest absolute Gasteiger partial charge is 0.496 e. The Morgan fingerprint density at radius 3 is 2.93 bits per heavy atom. The van der Waals surface area contributed by atoms with Gasteiger partial charge in [0.1, 0.15) is 5.75 Å². The van der Waals surface area contributed by atoms with Crippen molar-refractivity contribution in [2.45, 2.75) is 0 Å². The summed E-state index contributed by atoms with van der Waals surface area (Å²) in [5, 5.41) is 0.950. The minimum Gasteiger partial charge on any atom is -0.496 e. The number of aromatic amines is 1. The van der Waals surface area contributed by atoms with E-state index in [0.29, 0.717) is 5.69 Å². The van der Waals surface area contributed by atoms with Crippen molar-refractivity contribution in [1.29, 1.82) is 0 Å². The summed E-state index contributed by atoms with van der Waals surface area (Å²) in [7, 11) is 1.61. The van der Waals surface area contributed by atoms with Crippen molar-refractivity contribution in [3.8, 4) is 5.75 Å². The molecule has 0 amide bonds. The van der Waals surface area contributed by atoms with Gasteiger partial charge >= 0.3 is 0 Å². The normalized spacial score (nSPS) is 10.4. The van der Waals surface area contributed by atoms with E-state index in [0.717, 1.165) is 27.4 Å². The molecule has 0 fully saturated rings. The highest BCUT2D eigenvalue weighted by atomic mass is 79.9. The Bertz CT molecular complexity index is 490. The third-order valence-electron chi connectivity index (χ3n) is 2.07. The van der Waals surface area contributed by atoms with Crippen molar-refractivity contribution < 1.29 is 9.53 Å². The predicted octanol–water partition coefficient (Wildman–Crippen LogP) is 2.75. The van der Waals surface area contributed by atoms with Gasteiger partial charge in [0.05, 0.1) is 17.3 Å². The van der Waals surface area contributed by atoms with Gasteiger partial charge in [0, 0.05) is 10.9 Å². The van der Waals surface area contributed by atoms with Gasteiger partial charge in [-0.1, -0.05) is 0 Å². The van der Waals surface area contributed by atoms with E-state index in [1.54, 1.807) is 13.2 Å². The fourth-order valence-corrected chi connectivity index (χ4v) is 2.01. The average Bonchev–Trinajstić information content (AvgIpc) is 2.62. The number of fused-ring (bicyclic) bond motifs is 1. The van der Waals surface area contributed by atoms with Crippen molar-refractivity contribution >= 4 is 33.1 Å². The van der Waals surface area contributed by atoms with E-state index in [2.05, 4.69) is 20.9 Å². The summed E-state index contributed by atoms with van der Waals surface area (Å²) in [6.07, 6.45) is 0.791. The van der Waals surface area contributed by atoms with Crippen LogP contribution in [0, 0.1) is 0 Å². The molecule has 0 aliphatic heterocycles. The van der Waals surface area contributed by atoms with Crippen molar-refractivity contribution in [3.05, 3.63) is 28.4 Å². The number of hydrogen-bond donors (Lipinski definition) is 1. The van der Waals surface area contributed by atoms with Gasteiger partial charge in [-0.3, -0.25) is 4.79 Å². The van der Waals surface area contributed by atoms with Gasteiger partial charge in [-0.25, -0.2) is 0 Å². The molecule has 3 nitrogen and oxygen atoms in total. The van der Waals surface area contributed by atoms with Crippen LogP contribution in [0.15, 0.2) is 22.7 Å². The highest BCUT2D eigenvalue weighted by molar-refractivity contribution is 9.10. The van der Waals surface area contributed by atoms with Crippen LogP contribution in [-0.2, 0) is 0 Å². The topological polar surface area (TPSA) is 42.1 Å². The van der Waals surface area contributed by atoms with Gasteiger partial charge in [0.2, 0.25) is 0 Å². The summed E-state index contributed by atoms with van der Waals surface area (Å²) < 4.78 is 6.01. The van der Waals surface area contributed by atoms with Crippen LogP contribution in [-0.4, -0.2) is 18.4 Å². The van der Waals surface area contributed by atoms with E-state index in [1.807, 2.05) is 12.1 Å². The van der Waals surface area contributed by atoms with E-state index < -0.39 is 0 Å². The summed E-state index contributed by atoms with van der Waals surface area (Å²) >= 11 is 3.42. The number of benzene rings is 1. The van der Waals surface area contributed by atoms with Crippen LogP contribution in [0.1, 0.15) is 10.5 Å². The second-order valence-electron chi connectivity index (χ2n) is 2.89. The molecule has 72 valence electrons. The molecule has 1 N–H and O–H groups in total. The van der Waals surface area contributed by atoms with Gasteiger partial charge < -0.3 is 9.72 Å². The number of halogens is 1. The summed E-state index contributed by atoms with van der Waals surface area (Å²) in [6, 6.07) is 5.51. The molecular weight excluding hydrogens is 246 g/mol. The Hall–Kier alpha value is -1.29. The first kappa shape index (κ1) is 9.27. The Morgan fingerprint density at radius 1 is 1.50 bits per heavy atom. The maximum atomic E-state index is 10.6. The lowest BCUT2D eigenvalue weighted by atomic mass is 10.2. The molecule has 0 aliphatic rings. The second kappa shape index (κ2) is 3.46. The van der Waals surface area contributed by atoms with Crippen molar-refractivity contribution in [2.75, 3.05) is 7.11 Å². The fourth-order valence-electron chi connectivity index (χ4n) is 1.39. The maximum Gasteiger partial charge on any atom is 0.166 e. The highest BCUT2D eigenvalue weighted by Gasteiger charge is 2.07. The number of rotatable bonds is 2. The van der Waals surface area contributed by atoms with E-state index in [9.17, 15) is 4.79 Å². The molecule has 1 aromatic heterocycles. The molecule has 0 radical (unpaired) electrons. The molecule has 0 unspecified atom stereocenters. The van der Waals surface area contributed by atoms with Crippen LogP contribution in [0.5, 0.6) is 5.75 Å². The number of methoxy groups -OCH3 is 1. The Morgan fingerprint density at radius 2 is 2.29 bits per heavy atom. The van der Waals surface area contributed by atoms with Gasteiger partial charge in [-0.15, -0.1) is 0 Å². The van der Waals surface area contributed by atoms with Crippen molar-refractivity contribution in [1.82, 2.24) is 4.98 Å². The Balaban J connectivity index is 2.74. The van der Waals surface area contributed by atoms with E-state index in [4.69, 9.17) is 4.74 Å². The summed E-state index contributed by atoms with van der Waals surface area (Å²) in [6.45, 7) is 0. The van der Waals surface area contributed by atoms with Crippen molar-refractivity contribution in [3.63, 3.8) is 0 Å². The van der Waals surface area contributed by atoms with Crippen LogP contribution in [0.25, 0.3) is 10.9 Å². The number of carbonyl (C=O) groups excluding carboxylic acids is 1. The first-order chi connectivity index (χ1) is 6.76. The van der Waals surface area contributed by atoms with Gasteiger partial charge in [0.15, 0.2) is 6.29 Å². The molecule has 0 spiro atoms. The van der Waals surface area contributed by atoms with Crippen LogP contribution in [0.3, 0.4) is 0 Å². The zero-order valence-corrected chi connectivity index (χ0v) is 9.09. The molecule has 0 bridgehead atoms. The lowest BCUT2D eigenvalue weighted by Crippen LogP contribution is -1.83. The number of aldehydes is 1. The Kier molecular flexibility index (Phi) is 2.29. The first-order valence-electron chi connectivity index (χ1n) is 4.06. The third kappa shape index (κ3) is 1.32. The molecule has 2 aromatic rings. The monoisotopic (exact) mass is 253 g/mol. The molecule has 0 aliphatic carbocycles. The Labute approximate surface area is 89.2 Å². The van der Waals surface area contributed by atoms with E-state index in [-0.39, 0.29) is 0 Å². The summed E-state index contributed by atoms with van der Waals surface area (Å²) in [4.78, 5) is 13.5. The minimum absolute atomic E-state index is 0.564. The SMILES string of the molecule is COc1ccc2[nH]c(C=O)cc2c1Br. The standard InChI is InChI=1S/C10H8BrNO2/c1-14-9-3-2-8-7(10(9)11)4-6(5-13)12-8/h2-5,12H,1H3. The smallest absolute Gasteiger partial charge is 0.166 e. The second-order valence-corrected chi connectivity index (χ2v) is 3.68. The van der Waals surface area contributed by atoms with Gasteiger partial charge in [-0.05, 0) is 34.1 Å². The summed E-state index contributed by atoms with van der Waals surface area (Å²) in [5.41, 5.74) is 1.48. The third-order valence-corrected chi connectivity index (χ3v) is 2.89. The molecule has 0 atom stereocenters. The number of hydrogen-bond acceptors (Lipinski definition) is 2. The zero-order chi connectivity index (χ0) is 10.1. The van der Waals surface area contributed by atoms with Crippen LogP contribution in [0.2, 0.25) is 0 Å². The summed E-state index contributed by atoms with van der Waals surface area (Å²) in [5.74, 6) is 0.758. The maximum absolute atomic E-state index is 10.6. The quantitative estimate of drug-likeness (QED) is 0.837. The van der Waals surface area contributed by atoms with Crippen LogP contribution < -0.4 is 4.74 Å². The molecular formula is C10H8BrNO2. The van der Waals surface area contributed by atoms with E-state index in [1.165, 1.54) is 0 Å². The molecule has 14 heavy (non-hydrogen) atoms. The number of carbonyl (C=O) groups is 1. The van der Waals surface area contributed by atoms with Gasteiger partial charge in [0.25, 0.3) is 0 Å². The minimum atomic E-state index is 0.564. The average molecular weight is 254 g/mol. The first-order valence-corrected chi connectivity index (χ1v) is 4.86. The number of H-pyrrole nitrogens is 1. The molecule has 0 saturated carbocycles. The zero-order valence-electron chi connectivity index (χ0n) is 7.50. The molecule has 2 rings (SSSR count). The van der Waals surface area contributed by atoms with Crippen LogP contribution >= 0.6 is 15.9 Å². The molecule has 1 aromatic carbocycles. The van der Waals surface area contributed by atoms with E-state index >= 15 is 0 Å². The molecule has 4 heteroatoms. The number of aromatic nitrogens is 1. The molecule has 0 saturated heterocycles. The lowest BCUT2D eigenvalue weighted by Gasteiger charge is -2.02. The number of nitrogens with one attached hydrogen (secondary N) is 1. The van der Waals surface area contributed by atoms with Gasteiger partial charge in [-0.2, -0.15) is 0 Å². The van der Waals surface area contributed by atoms with Crippen LogP contribution in [0.4, 0.5) is 0 Å². The number of ether oxygens (including phenoxy) is 1. The predicted molar refractivity (Wildman–Crippen MR) is 57.9 cm³/mol. The van der Waals surface area contributed by atoms with Crippen molar-refractivity contribution in [2.24, 2.45) is 0 Å². The fraction of sp³-hybridized carbons (Fsp3) is 0.100.